The number of hydrogen-bond acceptors (Lipinski definition) is 6. The van der Waals surface area contributed by atoms with Gasteiger partial charge in [0.05, 0.1) is 10.0 Å². The molecule has 2 aromatic rings. The molecular formula is C24H30Cl2O6. The van der Waals surface area contributed by atoms with Crippen LogP contribution in [0.3, 0.4) is 0 Å². The van der Waals surface area contributed by atoms with E-state index in [2.05, 4.69) is 0 Å². The second-order valence-corrected chi connectivity index (χ2v) is 9.40. The zero-order valence-electron chi connectivity index (χ0n) is 19.2. The summed E-state index contributed by atoms with van der Waals surface area (Å²) in [7, 11) is 1.55. The summed E-state index contributed by atoms with van der Waals surface area (Å²) in [5, 5.41) is 11.4. The molecule has 0 aromatic heterocycles. The van der Waals surface area contributed by atoms with Crippen molar-refractivity contribution >= 4 is 29.2 Å². The molecule has 0 radical (unpaired) electrons. The first kappa shape index (κ1) is 26.3. The van der Waals surface area contributed by atoms with Crippen LogP contribution in [-0.4, -0.2) is 37.2 Å². The lowest BCUT2D eigenvalue weighted by Gasteiger charge is -2.21. The highest BCUT2D eigenvalue weighted by Gasteiger charge is 2.22. The first-order valence-electron chi connectivity index (χ1n) is 10.2. The van der Waals surface area contributed by atoms with Gasteiger partial charge in [0.15, 0.2) is 13.4 Å². The molecular weight excluding hydrogens is 455 g/mol. The summed E-state index contributed by atoms with van der Waals surface area (Å²) < 4.78 is 21.3. The highest BCUT2D eigenvalue weighted by Crippen LogP contribution is 2.39. The number of methoxy groups -OCH3 is 1. The van der Waals surface area contributed by atoms with Crippen LogP contribution in [0.15, 0.2) is 30.3 Å². The van der Waals surface area contributed by atoms with Crippen LogP contribution < -0.4 is 9.47 Å². The predicted octanol–water partition coefficient (Wildman–Crippen LogP) is 5.90. The Balaban J connectivity index is 2.24. The van der Waals surface area contributed by atoms with E-state index >= 15 is 0 Å². The molecule has 1 unspecified atom stereocenters. The minimum absolute atomic E-state index is 0.129. The second-order valence-electron chi connectivity index (χ2n) is 8.58. The number of benzene rings is 2. The normalized spacial score (nSPS) is 12.6. The minimum Gasteiger partial charge on any atom is -0.482 e. The van der Waals surface area contributed by atoms with E-state index in [1.807, 2.05) is 19.9 Å². The highest BCUT2D eigenvalue weighted by molar-refractivity contribution is 6.36. The molecule has 0 aliphatic heterocycles. The van der Waals surface area contributed by atoms with E-state index in [9.17, 15) is 9.90 Å². The van der Waals surface area contributed by atoms with E-state index in [1.54, 1.807) is 40.0 Å². The Morgan fingerprint density at radius 1 is 1.06 bits per heavy atom. The smallest absolute Gasteiger partial charge is 0.344 e. The van der Waals surface area contributed by atoms with Gasteiger partial charge in [0.1, 0.15) is 23.2 Å². The fourth-order valence-electron chi connectivity index (χ4n) is 3.03. The van der Waals surface area contributed by atoms with Crippen molar-refractivity contribution in [1.29, 1.82) is 0 Å². The van der Waals surface area contributed by atoms with Crippen molar-refractivity contribution < 1.29 is 28.8 Å². The standard InChI is InChI=1S/C24H30Cl2O6/c1-14(2)17-9-15(7-8-20(17)31-13-29-6)23(28)22-18(25)10-16(11-19(22)26)30-12-21(27)32-24(3,4)5/h7-11,14,23,28H,12-13H2,1-6H3. The SMILES string of the molecule is COCOc1ccc(C(O)c2c(Cl)cc(OCC(=O)OC(C)(C)C)cc2Cl)cc1C(C)C. The average Bonchev–Trinajstić information content (AvgIpc) is 2.68. The number of hydrogen-bond donors (Lipinski definition) is 1. The zero-order chi connectivity index (χ0) is 24.1. The molecule has 1 atom stereocenters. The molecule has 0 heterocycles. The minimum atomic E-state index is -1.07. The van der Waals surface area contributed by atoms with Crippen molar-refractivity contribution in [1.82, 2.24) is 0 Å². The Labute approximate surface area is 199 Å². The third kappa shape index (κ3) is 7.27. The van der Waals surface area contributed by atoms with Crippen LogP contribution in [0, 0.1) is 0 Å². The number of esters is 1. The average molecular weight is 485 g/mol. The molecule has 0 saturated carbocycles. The van der Waals surface area contributed by atoms with Crippen LogP contribution in [0.4, 0.5) is 0 Å². The van der Waals surface area contributed by atoms with E-state index in [4.69, 9.17) is 42.1 Å². The molecule has 0 saturated heterocycles. The van der Waals surface area contributed by atoms with E-state index in [0.717, 1.165) is 5.56 Å². The van der Waals surface area contributed by atoms with Gasteiger partial charge in [0.2, 0.25) is 0 Å². The summed E-state index contributed by atoms with van der Waals surface area (Å²) in [6.45, 7) is 9.22. The summed E-state index contributed by atoms with van der Waals surface area (Å²) in [6, 6.07) is 8.42. The van der Waals surface area contributed by atoms with Gasteiger partial charge in [-0.15, -0.1) is 0 Å². The topological polar surface area (TPSA) is 74.2 Å². The number of ether oxygens (including phenoxy) is 4. The van der Waals surface area contributed by atoms with Gasteiger partial charge in [-0.25, -0.2) is 4.79 Å². The van der Waals surface area contributed by atoms with Crippen molar-refractivity contribution in [3.05, 3.63) is 57.1 Å². The number of aliphatic hydroxyl groups is 1. The summed E-state index contributed by atoms with van der Waals surface area (Å²) in [5.41, 5.74) is 1.27. The molecule has 1 N–H and O–H groups in total. The number of rotatable bonds is 9. The van der Waals surface area contributed by atoms with Crippen molar-refractivity contribution in [2.75, 3.05) is 20.5 Å². The molecule has 32 heavy (non-hydrogen) atoms. The van der Waals surface area contributed by atoms with E-state index in [0.29, 0.717) is 22.6 Å². The summed E-state index contributed by atoms with van der Waals surface area (Å²) >= 11 is 12.8. The first-order chi connectivity index (χ1) is 14.9. The fourth-order valence-corrected chi connectivity index (χ4v) is 3.70. The lowest BCUT2D eigenvalue weighted by atomic mass is 9.94. The van der Waals surface area contributed by atoms with Gasteiger partial charge in [-0.1, -0.05) is 43.1 Å². The molecule has 0 aliphatic rings. The molecule has 176 valence electrons. The second kappa shape index (κ2) is 11.2. The number of carbonyl (C=O) groups is 1. The highest BCUT2D eigenvalue weighted by atomic mass is 35.5. The first-order valence-corrected chi connectivity index (χ1v) is 11.0. The molecule has 0 amide bonds. The zero-order valence-corrected chi connectivity index (χ0v) is 20.7. The Morgan fingerprint density at radius 3 is 2.22 bits per heavy atom. The maximum atomic E-state index is 11.9. The van der Waals surface area contributed by atoms with Crippen LogP contribution in [0.5, 0.6) is 11.5 Å². The van der Waals surface area contributed by atoms with E-state index in [-0.39, 0.29) is 29.4 Å². The Bertz CT molecular complexity index is 914. The van der Waals surface area contributed by atoms with Gasteiger partial charge in [-0.2, -0.15) is 0 Å². The Morgan fingerprint density at radius 2 is 1.69 bits per heavy atom. The third-order valence-electron chi connectivity index (χ3n) is 4.41. The van der Waals surface area contributed by atoms with E-state index < -0.39 is 17.7 Å². The van der Waals surface area contributed by atoms with Gasteiger partial charge in [-0.05, 0) is 62.1 Å². The maximum absolute atomic E-state index is 11.9. The van der Waals surface area contributed by atoms with Crippen molar-refractivity contribution in [2.24, 2.45) is 0 Å². The molecule has 0 aliphatic carbocycles. The third-order valence-corrected chi connectivity index (χ3v) is 5.03. The van der Waals surface area contributed by atoms with Crippen LogP contribution in [0.1, 0.15) is 63.3 Å². The summed E-state index contributed by atoms with van der Waals surface area (Å²) in [4.78, 5) is 11.9. The molecule has 6 nitrogen and oxygen atoms in total. The van der Waals surface area contributed by atoms with Gasteiger partial charge >= 0.3 is 5.97 Å². The Kier molecular flexibility index (Phi) is 9.22. The molecule has 0 bridgehead atoms. The summed E-state index contributed by atoms with van der Waals surface area (Å²) in [6.07, 6.45) is -1.07. The van der Waals surface area contributed by atoms with Crippen molar-refractivity contribution in [2.45, 2.75) is 52.2 Å². The van der Waals surface area contributed by atoms with Gasteiger partial charge in [0.25, 0.3) is 0 Å². The fraction of sp³-hybridized carbons (Fsp3) is 0.458. The van der Waals surface area contributed by atoms with Crippen molar-refractivity contribution in [3.8, 4) is 11.5 Å². The molecule has 2 rings (SSSR count). The number of halogens is 2. The lowest BCUT2D eigenvalue weighted by Crippen LogP contribution is -2.27. The quantitative estimate of drug-likeness (QED) is 0.352. The van der Waals surface area contributed by atoms with Crippen LogP contribution in [-0.2, 0) is 14.3 Å². The molecule has 8 heteroatoms. The monoisotopic (exact) mass is 484 g/mol. The molecule has 0 fully saturated rings. The largest absolute Gasteiger partial charge is 0.482 e. The van der Waals surface area contributed by atoms with Gasteiger partial charge < -0.3 is 24.1 Å². The maximum Gasteiger partial charge on any atom is 0.344 e. The summed E-state index contributed by atoms with van der Waals surface area (Å²) in [5.74, 6) is 0.628. The van der Waals surface area contributed by atoms with Crippen LogP contribution in [0.2, 0.25) is 10.0 Å². The van der Waals surface area contributed by atoms with Crippen molar-refractivity contribution in [3.63, 3.8) is 0 Å². The lowest BCUT2D eigenvalue weighted by molar-refractivity contribution is -0.157. The van der Waals surface area contributed by atoms with Crippen LogP contribution in [0.25, 0.3) is 0 Å². The number of carbonyl (C=O) groups excluding carboxylic acids is 1. The Hall–Kier alpha value is -1.99. The van der Waals surface area contributed by atoms with Gasteiger partial charge in [-0.3, -0.25) is 0 Å². The van der Waals surface area contributed by atoms with E-state index in [1.165, 1.54) is 12.1 Å². The van der Waals surface area contributed by atoms with Crippen LogP contribution >= 0.6 is 23.2 Å². The molecule has 0 spiro atoms. The van der Waals surface area contributed by atoms with Gasteiger partial charge in [0, 0.05) is 12.7 Å². The number of aliphatic hydroxyl groups excluding tert-OH is 1. The molecule has 2 aromatic carbocycles. The predicted molar refractivity (Wildman–Crippen MR) is 125 cm³/mol.